The first-order chi connectivity index (χ1) is 11.2. The van der Waals surface area contributed by atoms with Crippen LogP contribution in [-0.4, -0.2) is 16.4 Å². The molecule has 0 fully saturated rings. The van der Waals surface area contributed by atoms with Crippen LogP contribution in [0.15, 0.2) is 54.6 Å². The van der Waals surface area contributed by atoms with Crippen molar-refractivity contribution in [3.8, 4) is 5.75 Å². The van der Waals surface area contributed by atoms with Gasteiger partial charge >= 0.3 is 0 Å². The molecule has 3 nitrogen and oxygen atoms in total. The van der Waals surface area contributed by atoms with Gasteiger partial charge in [-0.2, -0.15) is 0 Å². The smallest absolute Gasteiger partial charge is 0.191 e. The summed E-state index contributed by atoms with van der Waals surface area (Å²) in [6.07, 6.45) is 1.59. The minimum atomic E-state index is -0.216. The minimum Gasteiger partial charge on any atom is -0.507 e. The van der Waals surface area contributed by atoms with Gasteiger partial charge in [-0.1, -0.05) is 50.2 Å². The van der Waals surface area contributed by atoms with Crippen LogP contribution in [-0.2, 0) is 5.41 Å². The zero-order chi connectivity index (χ0) is 17.5. The molecule has 3 heteroatoms. The number of aromatic hydroxyl groups is 1. The summed E-state index contributed by atoms with van der Waals surface area (Å²) in [4.78, 5) is 12.6. The summed E-state index contributed by atoms with van der Waals surface area (Å²) in [7, 11) is 0. The molecule has 0 radical (unpaired) electrons. The topological polar surface area (TPSA) is 49.3 Å². The second-order valence-electron chi connectivity index (χ2n) is 7.36. The minimum absolute atomic E-state index is 0.00281. The van der Waals surface area contributed by atoms with Crippen molar-refractivity contribution in [2.45, 2.75) is 38.6 Å². The van der Waals surface area contributed by atoms with Crippen LogP contribution >= 0.6 is 0 Å². The highest BCUT2D eigenvalue weighted by molar-refractivity contribution is 6.10. The molecule has 1 heterocycles. The summed E-state index contributed by atoms with van der Waals surface area (Å²) in [6, 6.07) is 14.8. The molecule has 1 aliphatic rings. The second-order valence-corrected chi connectivity index (χ2v) is 7.36. The Kier molecular flexibility index (Phi) is 3.75. The number of phenolic OH excluding ortho intramolecular Hbond substituents is 1. The first-order valence-corrected chi connectivity index (χ1v) is 8.16. The molecule has 0 saturated carbocycles. The lowest BCUT2D eigenvalue weighted by molar-refractivity contribution is 0.104. The van der Waals surface area contributed by atoms with E-state index in [0.717, 1.165) is 11.3 Å². The number of nitrogens with one attached hydrogen (secondary N) is 1. The maximum atomic E-state index is 12.6. The van der Waals surface area contributed by atoms with E-state index in [0.29, 0.717) is 5.56 Å². The van der Waals surface area contributed by atoms with Crippen molar-refractivity contribution in [2.75, 3.05) is 0 Å². The number of ketones is 1. The van der Waals surface area contributed by atoms with E-state index in [1.807, 2.05) is 18.2 Å². The normalized spacial score (nSPS) is 19.4. The van der Waals surface area contributed by atoms with Gasteiger partial charge in [0.05, 0.1) is 5.56 Å². The zero-order valence-electron chi connectivity index (χ0n) is 14.6. The largest absolute Gasteiger partial charge is 0.507 e. The number of rotatable bonds is 2. The molecule has 0 bridgehead atoms. The standard InChI is InChI=1S/C21H23NO2/c1-20(2)16-11-7-5-9-14(16)17(22-21(20,3)4)13-19(24)15-10-6-8-12-18(15)23/h5-13,22-23H,1-4H3. The Hall–Kier alpha value is -2.55. The molecule has 3 rings (SSSR count). The molecular formula is C21H23NO2. The third kappa shape index (κ3) is 2.50. The van der Waals surface area contributed by atoms with Gasteiger partial charge in [-0.3, -0.25) is 4.79 Å². The van der Waals surface area contributed by atoms with E-state index in [2.05, 4.69) is 39.1 Å². The molecular weight excluding hydrogens is 298 g/mol. The zero-order valence-corrected chi connectivity index (χ0v) is 14.6. The molecule has 1 aliphatic heterocycles. The van der Waals surface area contributed by atoms with Crippen LogP contribution in [0.25, 0.3) is 5.70 Å². The third-order valence-electron chi connectivity index (χ3n) is 5.35. The molecule has 0 aliphatic carbocycles. The van der Waals surface area contributed by atoms with Gasteiger partial charge in [0.15, 0.2) is 5.78 Å². The Bertz CT molecular complexity index is 831. The molecule has 0 atom stereocenters. The van der Waals surface area contributed by atoms with Crippen molar-refractivity contribution in [2.24, 2.45) is 0 Å². The number of benzene rings is 2. The van der Waals surface area contributed by atoms with Crippen LogP contribution in [0.4, 0.5) is 0 Å². The number of carbonyl (C=O) groups is 1. The van der Waals surface area contributed by atoms with Crippen molar-refractivity contribution in [3.05, 3.63) is 71.3 Å². The van der Waals surface area contributed by atoms with Crippen molar-refractivity contribution < 1.29 is 9.90 Å². The monoisotopic (exact) mass is 321 g/mol. The van der Waals surface area contributed by atoms with E-state index < -0.39 is 0 Å². The highest BCUT2D eigenvalue weighted by Crippen LogP contribution is 2.43. The van der Waals surface area contributed by atoms with Crippen LogP contribution in [0, 0.1) is 0 Å². The molecule has 0 aromatic heterocycles. The van der Waals surface area contributed by atoms with Gasteiger partial charge in [-0.15, -0.1) is 0 Å². The van der Waals surface area contributed by atoms with Gasteiger partial charge in [0.1, 0.15) is 5.75 Å². The molecule has 24 heavy (non-hydrogen) atoms. The predicted octanol–water partition coefficient (Wildman–Crippen LogP) is 4.28. The lowest BCUT2D eigenvalue weighted by atomic mass is 9.65. The summed E-state index contributed by atoms with van der Waals surface area (Å²) >= 11 is 0. The summed E-state index contributed by atoms with van der Waals surface area (Å²) < 4.78 is 0. The van der Waals surface area contributed by atoms with Crippen molar-refractivity contribution in [1.29, 1.82) is 0 Å². The Morgan fingerprint density at radius 2 is 1.62 bits per heavy atom. The maximum absolute atomic E-state index is 12.6. The average molecular weight is 321 g/mol. The van der Waals surface area contributed by atoms with E-state index in [4.69, 9.17) is 0 Å². The first-order valence-electron chi connectivity index (χ1n) is 8.16. The van der Waals surface area contributed by atoms with E-state index in [-0.39, 0.29) is 22.5 Å². The number of fused-ring (bicyclic) bond motifs is 1. The van der Waals surface area contributed by atoms with Gasteiger partial charge in [0.25, 0.3) is 0 Å². The van der Waals surface area contributed by atoms with Gasteiger partial charge in [-0.25, -0.2) is 0 Å². The van der Waals surface area contributed by atoms with Crippen LogP contribution in [0.2, 0.25) is 0 Å². The lowest BCUT2D eigenvalue weighted by Gasteiger charge is -2.49. The molecule has 2 aromatic rings. The molecule has 0 amide bonds. The van der Waals surface area contributed by atoms with Gasteiger partial charge in [0, 0.05) is 28.3 Å². The van der Waals surface area contributed by atoms with Crippen molar-refractivity contribution >= 4 is 11.5 Å². The quantitative estimate of drug-likeness (QED) is 0.641. The molecule has 0 unspecified atom stereocenters. The number of phenols is 1. The highest BCUT2D eigenvalue weighted by atomic mass is 16.3. The summed E-state index contributed by atoms with van der Waals surface area (Å²) in [5.41, 5.74) is 3.05. The van der Waals surface area contributed by atoms with Gasteiger partial charge in [0.2, 0.25) is 0 Å². The summed E-state index contributed by atoms with van der Waals surface area (Å²) in [5.74, 6) is -0.205. The number of para-hydroxylation sites is 1. The predicted molar refractivity (Wildman–Crippen MR) is 97.1 cm³/mol. The van der Waals surface area contributed by atoms with Crippen LogP contribution in [0.1, 0.15) is 49.2 Å². The lowest BCUT2D eigenvalue weighted by Crippen LogP contribution is -2.56. The van der Waals surface area contributed by atoms with Gasteiger partial charge < -0.3 is 10.4 Å². The fourth-order valence-electron chi connectivity index (χ4n) is 3.16. The fourth-order valence-corrected chi connectivity index (χ4v) is 3.16. The number of hydrogen-bond acceptors (Lipinski definition) is 3. The van der Waals surface area contributed by atoms with Crippen LogP contribution in [0.3, 0.4) is 0 Å². The first kappa shape index (κ1) is 16.3. The van der Waals surface area contributed by atoms with E-state index in [9.17, 15) is 9.90 Å². The van der Waals surface area contributed by atoms with Crippen LogP contribution in [0.5, 0.6) is 5.75 Å². The van der Waals surface area contributed by atoms with E-state index in [1.165, 1.54) is 11.6 Å². The van der Waals surface area contributed by atoms with E-state index >= 15 is 0 Å². The third-order valence-corrected chi connectivity index (χ3v) is 5.35. The SMILES string of the molecule is CC1(C)NC(=CC(=O)c2ccccc2O)c2ccccc2C1(C)C. The highest BCUT2D eigenvalue weighted by Gasteiger charge is 2.44. The summed E-state index contributed by atoms with van der Waals surface area (Å²) in [6.45, 7) is 8.70. The average Bonchev–Trinajstić information content (AvgIpc) is 2.53. The second kappa shape index (κ2) is 5.52. The number of hydrogen-bond donors (Lipinski definition) is 2. The Balaban J connectivity index is 2.12. The van der Waals surface area contributed by atoms with Gasteiger partial charge in [-0.05, 0) is 31.5 Å². The Morgan fingerprint density at radius 1 is 1.00 bits per heavy atom. The molecule has 2 aromatic carbocycles. The number of carbonyl (C=O) groups excluding carboxylic acids is 1. The van der Waals surface area contributed by atoms with Crippen LogP contribution < -0.4 is 5.32 Å². The number of allylic oxidation sites excluding steroid dienone is 1. The Morgan fingerprint density at radius 3 is 2.33 bits per heavy atom. The Labute approximate surface area is 143 Å². The van der Waals surface area contributed by atoms with Crippen molar-refractivity contribution in [1.82, 2.24) is 5.32 Å². The maximum Gasteiger partial charge on any atom is 0.191 e. The molecule has 2 N–H and O–H groups in total. The van der Waals surface area contributed by atoms with Crippen molar-refractivity contribution in [3.63, 3.8) is 0 Å². The molecule has 124 valence electrons. The van der Waals surface area contributed by atoms with E-state index in [1.54, 1.807) is 24.3 Å². The fraction of sp³-hybridized carbons (Fsp3) is 0.286. The molecule has 0 spiro atoms. The molecule has 0 saturated heterocycles. The summed E-state index contributed by atoms with van der Waals surface area (Å²) in [5, 5.41) is 13.4.